The number of benzene rings is 1. The largest absolute Gasteiger partial charge is 0.356 e. The number of aliphatic imine (C=N–C) groups is 1. The van der Waals surface area contributed by atoms with E-state index in [0.717, 1.165) is 17.2 Å². The lowest BCUT2D eigenvalue weighted by Gasteiger charge is -2.12. The minimum absolute atomic E-state index is 0. The van der Waals surface area contributed by atoms with Crippen LogP contribution in [0.5, 0.6) is 0 Å². The summed E-state index contributed by atoms with van der Waals surface area (Å²) in [5.41, 5.74) is 1.64. The molecule has 0 radical (unpaired) electrons. The van der Waals surface area contributed by atoms with Gasteiger partial charge in [0.15, 0.2) is 5.96 Å². The first-order valence-electron chi connectivity index (χ1n) is 7.53. The van der Waals surface area contributed by atoms with Crippen LogP contribution >= 0.6 is 35.6 Å². The molecule has 1 aromatic rings. The number of guanidine groups is 1. The molecule has 0 aliphatic heterocycles. The third kappa shape index (κ3) is 6.18. The van der Waals surface area contributed by atoms with Crippen LogP contribution in [0.25, 0.3) is 0 Å². The molecule has 1 fully saturated rings. The van der Waals surface area contributed by atoms with Crippen LogP contribution in [0.4, 0.5) is 5.69 Å². The van der Waals surface area contributed by atoms with Gasteiger partial charge in [0.1, 0.15) is 0 Å². The van der Waals surface area contributed by atoms with Gasteiger partial charge in [-0.2, -0.15) is 0 Å². The standard InChI is InChI=1S/C16H23ClN4O.HI/c1-10-9-14(10)21-16(18-3)19-8-7-15(22)20-13-6-4-5-12(17)11(13)2;/h4-6,10,14H,7-9H2,1-3H3,(H,20,22)(H2,18,19,21);1H. The number of nitrogens with zero attached hydrogens (tertiary/aromatic N) is 1. The number of hydrogen-bond acceptors (Lipinski definition) is 2. The van der Waals surface area contributed by atoms with Crippen LogP contribution in [0.3, 0.4) is 0 Å². The molecule has 128 valence electrons. The Bertz CT molecular complexity index is 579. The quantitative estimate of drug-likeness (QED) is 0.367. The highest BCUT2D eigenvalue weighted by atomic mass is 127. The molecule has 0 spiro atoms. The smallest absolute Gasteiger partial charge is 0.226 e. The van der Waals surface area contributed by atoms with Crippen LogP contribution in [0.2, 0.25) is 5.02 Å². The normalized spacial score (nSPS) is 19.6. The summed E-state index contributed by atoms with van der Waals surface area (Å²) in [6.45, 7) is 4.62. The number of nitrogens with one attached hydrogen (secondary N) is 3. The summed E-state index contributed by atoms with van der Waals surface area (Å²) >= 11 is 6.04. The highest BCUT2D eigenvalue weighted by Crippen LogP contribution is 2.28. The maximum atomic E-state index is 12.0. The topological polar surface area (TPSA) is 65.5 Å². The van der Waals surface area contributed by atoms with Gasteiger partial charge in [-0.25, -0.2) is 0 Å². The minimum atomic E-state index is -0.0480. The van der Waals surface area contributed by atoms with Crippen molar-refractivity contribution in [1.82, 2.24) is 10.6 Å². The average Bonchev–Trinajstić information content (AvgIpc) is 3.18. The van der Waals surface area contributed by atoms with Gasteiger partial charge in [0.05, 0.1) is 0 Å². The molecule has 5 nitrogen and oxygen atoms in total. The summed E-state index contributed by atoms with van der Waals surface area (Å²) < 4.78 is 0. The number of carbonyl (C=O) groups excluding carboxylic acids is 1. The Balaban J connectivity index is 0.00000264. The lowest BCUT2D eigenvalue weighted by molar-refractivity contribution is -0.116. The van der Waals surface area contributed by atoms with E-state index in [0.29, 0.717) is 29.9 Å². The second-order valence-corrected chi connectivity index (χ2v) is 6.08. The number of anilines is 1. The number of carbonyl (C=O) groups is 1. The Morgan fingerprint density at radius 1 is 1.43 bits per heavy atom. The van der Waals surface area contributed by atoms with Crippen molar-refractivity contribution < 1.29 is 4.79 Å². The third-order valence-corrected chi connectivity index (χ3v) is 4.25. The Kier molecular flexibility index (Phi) is 8.11. The molecule has 1 aromatic carbocycles. The van der Waals surface area contributed by atoms with E-state index in [1.807, 2.05) is 25.1 Å². The van der Waals surface area contributed by atoms with Crippen LogP contribution in [0, 0.1) is 12.8 Å². The minimum Gasteiger partial charge on any atom is -0.356 e. The van der Waals surface area contributed by atoms with Crippen molar-refractivity contribution in [2.45, 2.75) is 32.7 Å². The molecule has 23 heavy (non-hydrogen) atoms. The van der Waals surface area contributed by atoms with E-state index in [1.165, 1.54) is 6.42 Å². The monoisotopic (exact) mass is 450 g/mol. The Labute approximate surface area is 159 Å². The van der Waals surface area contributed by atoms with E-state index in [-0.39, 0.29) is 29.9 Å². The van der Waals surface area contributed by atoms with E-state index in [9.17, 15) is 4.79 Å². The first kappa shape index (κ1) is 20.0. The van der Waals surface area contributed by atoms with E-state index in [1.54, 1.807) is 7.05 Å². The van der Waals surface area contributed by atoms with Crippen molar-refractivity contribution >= 4 is 53.1 Å². The second-order valence-electron chi connectivity index (χ2n) is 5.67. The van der Waals surface area contributed by atoms with E-state index < -0.39 is 0 Å². The molecule has 0 heterocycles. The SMILES string of the molecule is CN=C(NCCC(=O)Nc1cccc(Cl)c1C)NC1CC1C.I. The maximum absolute atomic E-state index is 12.0. The molecule has 1 amide bonds. The molecule has 7 heteroatoms. The number of hydrogen-bond donors (Lipinski definition) is 3. The second kappa shape index (κ2) is 9.32. The summed E-state index contributed by atoms with van der Waals surface area (Å²) in [5.74, 6) is 1.40. The van der Waals surface area contributed by atoms with Crippen LogP contribution in [-0.4, -0.2) is 31.5 Å². The van der Waals surface area contributed by atoms with Crippen LogP contribution < -0.4 is 16.0 Å². The first-order valence-corrected chi connectivity index (χ1v) is 7.91. The van der Waals surface area contributed by atoms with Gasteiger partial charge in [-0.3, -0.25) is 9.79 Å². The van der Waals surface area contributed by atoms with Crippen LogP contribution in [-0.2, 0) is 4.79 Å². The fourth-order valence-corrected chi connectivity index (χ4v) is 2.32. The van der Waals surface area contributed by atoms with Crippen molar-refractivity contribution in [2.24, 2.45) is 10.9 Å². The fourth-order valence-electron chi connectivity index (χ4n) is 2.14. The van der Waals surface area contributed by atoms with Crippen molar-refractivity contribution in [3.05, 3.63) is 28.8 Å². The lowest BCUT2D eigenvalue weighted by Crippen LogP contribution is -2.40. The molecule has 0 bridgehead atoms. The molecule has 2 atom stereocenters. The molecule has 1 saturated carbocycles. The van der Waals surface area contributed by atoms with Gasteiger partial charge in [0, 0.05) is 36.8 Å². The van der Waals surface area contributed by atoms with Crippen molar-refractivity contribution in [3.63, 3.8) is 0 Å². The fraction of sp³-hybridized carbons (Fsp3) is 0.500. The molecule has 1 aliphatic rings. The highest BCUT2D eigenvalue weighted by molar-refractivity contribution is 14.0. The molecular formula is C16H24ClIN4O. The summed E-state index contributed by atoms with van der Waals surface area (Å²) in [4.78, 5) is 16.1. The molecule has 2 rings (SSSR count). The van der Waals surface area contributed by atoms with Gasteiger partial charge >= 0.3 is 0 Å². The maximum Gasteiger partial charge on any atom is 0.226 e. The third-order valence-electron chi connectivity index (χ3n) is 3.84. The van der Waals surface area contributed by atoms with Crippen molar-refractivity contribution in [2.75, 3.05) is 18.9 Å². The van der Waals surface area contributed by atoms with E-state index in [2.05, 4.69) is 27.9 Å². The van der Waals surface area contributed by atoms with Crippen molar-refractivity contribution in [1.29, 1.82) is 0 Å². The number of rotatable bonds is 5. The molecule has 2 unspecified atom stereocenters. The molecular weight excluding hydrogens is 427 g/mol. The van der Waals surface area contributed by atoms with Gasteiger partial charge in [-0.15, -0.1) is 24.0 Å². The van der Waals surface area contributed by atoms with E-state index >= 15 is 0 Å². The summed E-state index contributed by atoms with van der Waals surface area (Å²) in [6.07, 6.45) is 1.54. The van der Waals surface area contributed by atoms with E-state index in [4.69, 9.17) is 11.6 Å². The van der Waals surface area contributed by atoms with Gasteiger partial charge < -0.3 is 16.0 Å². The molecule has 0 saturated heterocycles. The number of amides is 1. The zero-order valence-corrected chi connectivity index (χ0v) is 16.7. The van der Waals surface area contributed by atoms with Crippen molar-refractivity contribution in [3.8, 4) is 0 Å². The van der Waals surface area contributed by atoms with Crippen LogP contribution in [0.1, 0.15) is 25.3 Å². The van der Waals surface area contributed by atoms with Gasteiger partial charge in [-0.05, 0) is 37.0 Å². The van der Waals surface area contributed by atoms with Gasteiger partial charge in [-0.1, -0.05) is 24.6 Å². The first-order chi connectivity index (χ1) is 10.5. The Hall–Kier alpha value is -1.02. The lowest BCUT2D eigenvalue weighted by atomic mass is 10.2. The molecule has 0 aromatic heterocycles. The number of halogens is 2. The predicted molar refractivity (Wildman–Crippen MR) is 107 cm³/mol. The summed E-state index contributed by atoms with van der Waals surface area (Å²) in [6, 6.07) is 5.99. The highest BCUT2D eigenvalue weighted by Gasteiger charge is 2.33. The van der Waals surface area contributed by atoms with Gasteiger partial charge in [0.2, 0.25) is 5.91 Å². The Morgan fingerprint density at radius 3 is 2.74 bits per heavy atom. The molecule has 1 aliphatic carbocycles. The average molecular weight is 451 g/mol. The predicted octanol–water partition coefficient (Wildman–Crippen LogP) is 3.17. The summed E-state index contributed by atoms with van der Waals surface area (Å²) in [5, 5.41) is 10.0. The zero-order valence-electron chi connectivity index (χ0n) is 13.6. The summed E-state index contributed by atoms with van der Waals surface area (Å²) in [7, 11) is 1.73. The van der Waals surface area contributed by atoms with Gasteiger partial charge in [0.25, 0.3) is 0 Å². The van der Waals surface area contributed by atoms with Crippen LogP contribution in [0.15, 0.2) is 23.2 Å². The molecule has 3 N–H and O–H groups in total. The Morgan fingerprint density at radius 2 is 2.13 bits per heavy atom. The zero-order chi connectivity index (χ0) is 16.1.